The lowest BCUT2D eigenvalue weighted by Gasteiger charge is -2.27. The molecule has 1 aromatic rings. The molecular formula is C15H25ClN2O. The summed E-state index contributed by atoms with van der Waals surface area (Å²) in [7, 11) is 0. The third kappa shape index (κ3) is 5.39. The maximum absolute atomic E-state index is 5.95. The van der Waals surface area contributed by atoms with E-state index in [1.165, 1.54) is 12.8 Å². The van der Waals surface area contributed by atoms with Crippen LogP contribution < -0.4 is 16.0 Å². The molecule has 108 valence electrons. The minimum atomic E-state index is 0.00377. The quantitative estimate of drug-likeness (QED) is 0.564. The summed E-state index contributed by atoms with van der Waals surface area (Å²) in [5.74, 6) is 7.11. The van der Waals surface area contributed by atoms with Crippen molar-refractivity contribution in [3.05, 3.63) is 29.3 Å². The average Bonchev–Trinajstić information content (AvgIpc) is 2.40. The van der Waals surface area contributed by atoms with Crippen molar-refractivity contribution in [1.29, 1.82) is 0 Å². The number of nitrogens with one attached hydrogen (secondary N) is 1. The molecule has 19 heavy (non-hydrogen) atoms. The fourth-order valence-corrected chi connectivity index (χ4v) is 2.39. The Morgan fingerprint density at radius 2 is 2.00 bits per heavy atom. The lowest BCUT2D eigenvalue weighted by Crippen LogP contribution is -2.46. The van der Waals surface area contributed by atoms with Crippen LogP contribution in [0.3, 0.4) is 0 Å². The van der Waals surface area contributed by atoms with Gasteiger partial charge < -0.3 is 4.74 Å². The molecule has 2 atom stereocenters. The zero-order chi connectivity index (χ0) is 14.3. The number of hydrazine groups is 1. The van der Waals surface area contributed by atoms with E-state index in [-0.39, 0.29) is 12.1 Å². The average molecular weight is 285 g/mol. The van der Waals surface area contributed by atoms with Crippen molar-refractivity contribution >= 4 is 11.6 Å². The third-order valence-corrected chi connectivity index (χ3v) is 3.88. The molecule has 0 aliphatic rings. The van der Waals surface area contributed by atoms with Crippen LogP contribution in [0.15, 0.2) is 24.3 Å². The molecule has 0 aromatic heterocycles. The highest BCUT2D eigenvalue weighted by atomic mass is 35.5. The molecule has 2 unspecified atom stereocenters. The van der Waals surface area contributed by atoms with Crippen molar-refractivity contribution in [2.75, 3.05) is 0 Å². The van der Waals surface area contributed by atoms with E-state index in [0.717, 1.165) is 12.2 Å². The zero-order valence-corrected chi connectivity index (χ0v) is 12.8. The molecule has 0 amide bonds. The second kappa shape index (κ2) is 8.41. The summed E-state index contributed by atoms with van der Waals surface area (Å²) in [4.78, 5) is 0. The van der Waals surface area contributed by atoms with Gasteiger partial charge in [-0.15, -0.1) is 0 Å². The number of nitrogens with two attached hydrogens (primary N) is 1. The van der Waals surface area contributed by atoms with Gasteiger partial charge in [0.25, 0.3) is 0 Å². The lowest BCUT2D eigenvalue weighted by atomic mass is 9.93. The molecule has 0 heterocycles. The van der Waals surface area contributed by atoms with Gasteiger partial charge in [-0.3, -0.25) is 11.3 Å². The Balaban J connectivity index is 2.60. The van der Waals surface area contributed by atoms with Crippen LogP contribution in [0.4, 0.5) is 0 Å². The molecule has 0 saturated heterocycles. The molecule has 0 fully saturated rings. The van der Waals surface area contributed by atoms with Gasteiger partial charge in [-0.25, -0.2) is 0 Å². The van der Waals surface area contributed by atoms with Crippen LogP contribution in [-0.4, -0.2) is 12.1 Å². The SMILES string of the molecule is CCC(CC)CC(NN)C(C)Oc1cccc(Cl)c1. The first-order valence-corrected chi connectivity index (χ1v) is 7.36. The van der Waals surface area contributed by atoms with E-state index < -0.39 is 0 Å². The summed E-state index contributed by atoms with van der Waals surface area (Å²) < 4.78 is 5.91. The minimum absolute atomic E-state index is 0.00377. The molecular weight excluding hydrogens is 260 g/mol. The Morgan fingerprint density at radius 3 is 2.53 bits per heavy atom. The summed E-state index contributed by atoms with van der Waals surface area (Å²) in [5.41, 5.74) is 2.88. The van der Waals surface area contributed by atoms with Crippen LogP contribution in [-0.2, 0) is 0 Å². The van der Waals surface area contributed by atoms with Crippen molar-refractivity contribution in [3.63, 3.8) is 0 Å². The van der Waals surface area contributed by atoms with Gasteiger partial charge in [-0.1, -0.05) is 44.4 Å². The second-order valence-electron chi connectivity index (χ2n) is 4.97. The number of rotatable bonds is 8. The number of ether oxygens (including phenoxy) is 1. The molecule has 0 aliphatic heterocycles. The highest BCUT2D eigenvalue weighted by molar-refractivity contribution is 6.30. The highest BCUT2D eigenvalue weighted by Crippen LogP contribution is 2.22. The molecule has 0 radical (unpaired) electrons. The smallest absolute Gasteiger partial charge is 0.121 e. The lowest BCUT2D eigenvalue weighted by molar-refractivity contribution is 0.151. The Kier molecular flexibility index (Phi) is 7.21. The molecule has 0 saturated carbocycles. The largest absolute Gasteiger partial charge is 0.489 e. The van der Waals surface area contributed by atoms with E-state index in [4.69, 9.17) is 22.2 Å². The van der Waals surface area contributed by atoms with Gasteiger partial charge in [0.2, 0.25) is 0 Å². The van der Waals surface area contributed by atoms with Gasteiger partial charge in [0.15, 0.2) is 0 Å². The van der Waals surface area contributed by atoms with Crippen molar-refractivity contribution in [3.8, 4) is 5.75 Å². The van der Waals surface area contributed by atoms with Crippen molar-refractivity contribution in [2.45, 2.75) is 52.2 Å². The van der Waals surface area contributed by atoms with Crippen molar-refractivity contribution < 1.29 is 4.74 Å². The van der Waals surface area contributed by atoms with Crippen LogP contribution >= 0.6 is 11.6 Å². The van der Waals surface area contributed by atoms with E-state index in [1.807, 2.05) is 31.2 Å². The first kappa shape index (κ1) is 16.3. The second-order valence-corrected chi connectivity index (χ2v) is 5.41. The Hall–Kier alpha value is -0.770. The van der Waals surface area contributed by atoms with Crippen LogP contribution in [0.1, 0.15) is 40.0 Å². The number of hydrogen-bond donors (Lipinski definition) is 2. The third-order valence-electron chi connectivity index (χ3n) is 3.64. The molecule has 0 spiro atoms. The van der Waals surface area contributed by atoms with Gasteiger partial charge in [0, 0.05) is 5.02 Å². The fourth-order valence-electron chi connectivity index (χ4n) is 2.21. The summed E-state index contributed by atoms with van der Waals surface area (Å²) in [5, 5.41) is 0.682. The Morgan fingerprint density at radius 1 is 1.32 bits per heavy atom. The molecule has 4 heteroatoms. The van der Waals surface area contributed by atoms with Crippen molar-refractivity contribution in [2.24, 2.45) is 11.8 Å². The van der Waals surface area contributed by atoms with Gasteiger partial charge in [0.05, 0.1) is 6.04 Å². The van der Waals surface area contributed by atoms with E-state index >= 15 is 0 Å². The predicted octanol–water partition coefficient (Wildman–Crippen LogP) is 3.77. The molecule has 0 bridgehead atoms. The van der Waals surface area contributed by atoms with Gasteiger partial charge in [-0.05, 0) is 37.5 Å². The zero-order valence-electron chi connectivity index (χ0n) is 12.0. The monoisotopic (exact) mass is 284 g/mol. The maximum atomic E-state index is 5.95. The summed E-state index contributed by atoms with van der Waals surface area (Å²) in [6.07, 6.45) is 3.35. The Bertz CT molecular complexity index is 369. The number of benzene rings is 1. The summed E-state index contributed by atoms with van der Waals surface area (Å²) in [6.45, 7) is 6.46. The first-order valence-electron chi connectivity index (χ1n) is 6.99. The van der Waals surface area contributed by atoms with E-state index in [2.05, 4.69) is 19.3 Å². The summed E-state index contributed by atoms with van der Waals surface area (Å²) in [6, 6.07) is 7.59. The van der Waals surface area contributed by atoms with E-state index in [0.29, 0.717) is 10.9 Å². The van der Waals surface area contributed by atoms with Crippen LogP contribution in [0.2, 0.25) is 5.02 Å². The molecule has 3 nitrogen and oxygen atoms in total. The predicted molar refractivity (Wildman–Crippen MR) is 81.3 cm³/mol. The van der Waals surface area contributed by atoms with Crippen LogP contribution in [0.5, 0.6) is 5.75 Å². The van der Waals surface area contributed by atoms with Gasteiger partial charge >= 0.3 is 0 Å². The standard InChI is InChI=1S/C15H25ClN2O/c1-4-12(5-2)9-15(18-17)11(3)19-14-8-6-7-13(16)10-14/h6-8,10-12,15,18H,4-5,9,17H2,1-3H3. The van der Waals surface area contributed by atoms with E-state index in [1.54, 1.807) is 0 Å². The number of halogens is 1. The van der Waals surface area contributed by atoms with Crippen LogP contribution in [0.25, 0.3) is 0 Å². The fraction of sp³-hybridized carbons (Fsp3) is 0.600. The topological polar surface area (TPSA) is 47.3 Å². The molecule has 0 aliphatic carbocycles. The summed E-state index contributed by atoms with van der Waals surface area (Å²) >= 11 is 5.95. The molecule has 3 N–H and O–H groups in total. The maximum Gasteiger partial charge on any atom is 0.121 e. The highest BCUT2D eigenvalue weighted by Gasteiger charge is 2.20. The van der Waals surface area contributed by atoms with E-state index in [9.17, 15) is 0 Å². The van der Waals surface area contributed by atoms with Gasteiger partial charge in [0.1, 0.15) is 11.9 Å². The normalized spacial score (nSPS) is 14.4. The van der Waals surface area contributed by atoms with Gasteiger partial charge in [-0.2, -0.15) is 0 Å². The van der Waals surface area contributed by atoms with Crippen LogP contribution in [0, 0.1) is 5.92 Å². The van der Waals surface area contributed by atoms with Crippen molar-refractivity contribution in [1.82, 2.24) is 5.43 Å². The molecule has 1 rings (SSSR count). The molecule has 1 aromatic carbocycles. The first-order chi connectivity index (χ1) is 9.10. The Labute approximate surface area is 121 Å². The number of hydrogen-bond acceptors (Lipinski definition) is 3. The minimum Gasteiger partial charge on any atom is -0.489 e.